The van der Waals surface area contributed by atoms with E-state index in [2.05, 4.69) is 5.32 Å². The predicted molar refractivity (Wildman–Crippen MR) is 48.3 cm³/mol. The second-order valence-electron chi connectivity index (χ2n) is 2.46. The van der Waals surface area contributed by atoms with Gasteiger partial charge in [-0.3, -0.25) is 0 Å². The molecule has 0 aliphatic heterocycles. The van der Waals surface area contributed by atoms with Gasteiger partial charge in [0.1, 0.15) is 5.75 Å². The van der Waals surface area contributed by atoms with Gasteiger partial charge in [-0.2, -0.15) is 0 Å². The molecule has 0 aliphatic rings. The van der Waals surface area contributed by atoms with Gasteiger partial charge in [0.25, 0.3) is 0 Å². The molecule has 2 N–H and O–H groups in total. The van der Waals surface area contributed by atoms with Crippen LogP contribution in [-0.4, -0.2) is 18.4 Å². The minimum atomic E-state index is -0.778. The van der Waals surface area contributed by atoms with Crippen LogP contribution in [0.3, 0.4) is 0 Å². The van der Waals surface area contributed by atoms with E-state index < -0.39 is 6.29 Å². The maximum absolute atomic E-state index is 8.98. The number of rotatable bonds is 3. The molecule has 1 aromatic carbocycles. The Bertz CT molecular complexity index is 248. The van der Waals surface area contributed by atoms with Gasteiger partial charge in [-0.1, -0.05) is 12.1 Å². The molecule has 1 rings (SSSR count). The first kappa shape index (κ1) is 8.87. The average Bonchev–Trinajstić information content (AvgIpc) is 2.04. The van der Waals surface area contributed by atoms with Crippen LogP contribution in [0.1, 0.15) is 6.92 Å². The molecule has 0 heterocycles. The van der Waals surface area contributed by atoms with Crippen molar-refractivity contribution in [3.8, 4) is 5.75 Å². The number of ether oxygens (including phenoxy) is 1. The van der Waals surface area contributed by atoms with Crippen molar-refractivity contribution in [2.45, 2.75) is 13.2 Å². The van der Waals surface area contributed by atoms with E-state index in [1.165, 1.54) is 0 Å². The Morgan fingerprint density at radius 2 is 2.08 bits per heavy atom. The van der Waals surface area contributed by atoms with E-state index in [9.17, 15) is 0 Å². The Labute approximate surface area is 72.0 Å². The number of benzene rings is 1. The van der Waals surface area contributed by atoms with Crippen molar-refractivity contribution < 1.29 is 9.84 Å². The fourth-order valence-electron chi connectivity index (χ4n) is 0.960. The van der Waals surface area contributed by atoms with Crippen LogP contribution in [0.4, 0.5) is 5.69 Å². The quantitative estimate of drug-likeness (QED) is 0.669. The Balaban J connectivity index is 2.82. The summed E-state index contributed by atoms with van der Waals surface area (Å²) < 4.78 is 5.13. The molecule has 0 saturated carbocycles. The van der Waals surface area contributed by atoms with Crippen molar-refractivity contribution in [3.63, 3.8) is 0 Å². The largest absolute Gasteiger partial charge is 0.463 e. The van der Waals surface area contributed by atoms with Crippen molar-refractivity contribution in [2.24, 2.45) is 0 Å². The lowest BCUT2D eigenvalue weighted by atomic mass is 10.3. The van der Waals surface area contributed by atoms with Crippen LogP contribution in [0.2, 0.25) is 0 Å². The highest BCUT2D eigenvalue weighted by Gasteiger charge is 2.02. The summed E-state index contributed by atoms with van der Waals surface area (Å²) in [5, 5.41) is 11.9. The summed E-state index contributed by atoms with van der Waals surface area (Å²) in [6.07, 6.45) is -0.778. The molecule has 0 bridgehead atoms. The molecule has 1 unspecified atom stereocenters. The zero-order valence-electron chi connectivity index (χ0n) is 7.24. The monoisotopic (exact) mass is 167 g/mol. The maximum atomic E-state index is 8.98. The highest BCUT2D eigenvalue weighted by molar-refractivity contribution is 5.55. The molecular weight excluding hydrogens is 154 g/mol. The average molecular weight is 167 g/mol. The Hall–Kier alpha value is -1.22. The molecule has 12 heavy (non-hydrogen) atoms. The normalized spacial score (nSPS) is 12.2. The molecule has 0 aliphatic carbocycles. The van der Waals surface area contributed by atoms with Gasteiger partial charge in [0.2, 0.25) is 0 Å². The summed E-state index contributed by atoms with van der Waals surface area (Å²) >= 11 is 0. The van der Waals surface area contributed by atoms with E-state index in [4.69, 9.17) is 9.84 Å². The van der Waals surface area contributed by atoms with Crippen molar-refractivity contribution in [2.75, 3.05) is 12.4 Å². The summed E-state index contributed by atoms with van der Waals surface area (Å²) in [4.78, 5) is 0. The van der Waals surface area contributed by atoms with E-state index in [-0.39, 0.29) is 0 Å². The summed E-state index contributed by atoms with van der Waals surface area (Å²) in [6, 6.07) is 7.45. The molecule has 0 spiro atoms. The Morgan fingerprint density at radius 1 is 1.42 bits per heavy atom. The van der Waals surface area contributed by atoms with Gasteiger partial charge in [-0.15, -0.1) is 0 Å². The molecule has 0 amide bonds. The molecule has 3 nitrogen and oxygen atoms in total. The third-order valence-electron chi connectivity index (χ3n) is 1.45. The molecule has 66 valence electrons. The van der Waals surface area contributed by atoms with E-state index >= 15 is 0 Å². The van der Waals surface area contributed by atoms with Gasteiger partial charge in [0.15, 0.2) is 6.29 Å². The zero-order chi connectivity index (χ0) is 8.97. The van der Waals surface area contributed by atoms with Crippen molar-refractivity contribution in [1.82, 2.24) is 0 Å². The van der Waals surface area contributed by atoms with Crippen LogP contribution in [-0.2, 0) is 0 Å². The number of anilines is 1. The smallest absolute Gasteiger partial charge is 0.194 e. The van der Waals surface area contributed by atoms with Crippen LogP contribution < -0.4 is 10.1 Å². The molecule has 0 saturated heterocycles. The van der Waals surface area contributed by atoms with Crippen LogP contribution in [0.5, 0.6) is 5.75 Å². The second-order valence-corrected chi connectivity index (χ2v) is 2.46. The fraction of sp³-hybridized carbons (Fsp3) is 0.333. The minimum absolute atomic E-state index is 0.662. The summed E-state index contributed by atoms with van der Waals surface area (Å²) in [5.41, 5.74) is 0.874. The van der Waals surface area contributed by atoms with Gasteiger partial charge in [0.05, 0.1) is 5.69 Å². The van der Waals surface area contributed by atoms with E-state index in [0.29, 0.717) is 5.75 Å². The number of para-hydroxylation sites is 2. The number of hydrogen-bond donors (Lipinski definition) is 2. The fourth-order valence-corrected chi connectivity index (χ4v) is 0.960. The maximum Gasteiger partial charge on any atom is 0.194 e. The standard InChI is InChI=1S/C9H13NO2/c1-7(11)12-9-6-4-3-5-8(9)10-2/h3-7,10-11H,1-2H3. The van der Waals surface area contributed by atoms with Gasteiger partial charge < -0.3 is 15.2 Å². The number of aliphatic hydroxyl groups is 1. The Morgan fingerprint density at radius 3 is 2.67 bits per heavy atom. The lowest BCUT2D eigenvalue weighted by Crippen LogP contribution is -2.10. The molecular formula is C9H13NO2. The highest BCUT2D eigenvalue weighted by Crippen LogP contribution is 2.23. The van der Waals surface area contributed by atoms with Gasteiger partial charge >= 0.3 is 0 Å². The first-order chi connectivity index (χ1) is 5.74. The van der Waals surface area contributed by atoms with Gasteiger partial charge in [0, 0.05) is 7.05 Å². The van der Waals surface area contributed by atoms with Crippen molar-refractivity contribution in [3.05, 3.63) is 24.3 Å². The van der Waals surface area contributed by atoms with Crippen LogP contribution >= 0.6 is 0 Å². The lowest BCUT2D eigenvalue weighted by molar-refractivity contribution is 0.000247. The molecule has 0 aromatic heterocycles. The Kier molecular flexibility index (Phi) is 2.94. The van der Waals surface area contributed by atoms with E-state index in [1.807, 2.05) is 25.2 Å². The minimum Gasteiger partial charge on any atom is -0.463 e. The van der Waals surface area contributed by atoms with Crippen LogP contribution in [0.15, 0.2) is 24.3 Å². The van der Waals surface area contributed by atoms with Crippen molar-refractivity contribution >= 4 is 5.69 Å². The lowest BCUT2D eigenvalue weighted by Gasteiger charge is -2.12. The molecule has 0 radical (unpaired) electrons. The van der Waals surface area contributed by atoms with Crippen LogP contribution in [0, 0.1) is 0 Å². The number of nitrogens with one attached hydrogen (secondary N) is 1. The SMILES string of the molecule is CNc1ccccc1OC(C)O. The second kappa shape index (κ2) is 3.97. The van der Waals surface area contributed by atoms with Crippen LogP contribution in [0.25, 0.3) is 0 Å². The first-order valence-electron chi connectivity index (χ1n) is 3.85. The number of aliphatic hydroxyl groups excluding tert-OH is 1. The third-order valence-corrected chi connectivity index (χ3v) is 1.45. The molecule has 0 fully saturated rings. The van der Waals surface area contributed by atoms with Gasteiger partial charge in [-0.25, -0.2) is 0 Å². The summed E-state index contributed by atoms with van der Waals surface area (Å²) in [6.45, 7) is 1.58. The summed E-state index contributed by atoms with van der Waals surface area (Å²) in [5.74, 6) is 0.662. The topological polar surface area (TPSA) is 41.5 Å². The summed E-state index contributed by atoms with van der Waals surface area (Å²) in [7, 11) is 1.81. The predicted octanol–water partition coefficient (Wildman–Crippen LogP) is 1.45. The molecule has 1 atom stereocenters. The zero-order valence-corrected chi connectivity index (χ0v) is 7.24. The molecule has 3 heteroatoms. The van der Waals surface area contributed by atoms with Gasteiger partial charge in [-0.05, 0) is 19.1 Å². The first-order valence-corrected chi connectivity index (χ1v) is 3.85. The van der Waals surface area contributed by atoms with E-state index in [0.717, 1.165) is 5.69 Å². The van der Waals surface area contributed by atoms with E-state index in [1.54, 1.807) is 13.0 Å². The number of hydrogen-bond acceptors (Lipinski definition) is 3. The highest BCUT2D eigenvalue weighted by atomic mass is 16.6. The third kappa shape index (κ3) is 2.13. The molecule has 1 aromatic rings. The van der Waals surface area contributed by atoms with Crippen molar-refractivity contribution in [1.29, 1.82) is 0 Å².